The maximum absolute atomic E-state index is 12.5. The number of Topliss-reactive ketones (excluding diaryl/α,β-unsaturated/α-hetero) is 1. The average Bonchev–Trinajstić information content (AvgIpc) is 2.92. The number of rotatable bonds is 2. The van der Waals surface area contributed by atoms with Gasteiger partial charge in [0.2, 0.25) is 0 Å². The van der Waals surface area contributed by atoms with E-state index in [2.05, 4.69) is 36.7 Å². The lowest BCUT2D eigenvalue weighted by Gasteiger charge is -2.61. The second-order valence-corrected chi connectivity index (χ2v) is 10.9. The fourth-order valence-corrected chi connectivity index (χ4v) is 8.49. The lowest BCUT2D eigenvalue weighted by atomic mass is 9.44. The molecule has 0 radical (unpaired) electrons. The third kappa shape index (κ3) is 2.41. The van der Waals surface area contributed by atoms with Crippen molar-refractivity contribution in [2.45, 2.75) is 78.6 Å². The van der Waals surface area contributed by atoms with Crippen molar-refractivity contribution in [1.82, 2.24) is 0 Å². The minimum absolute atomic E-state index is 0.303. The molecule has 4 rings (SSSR count). The van der Waals surface area contributed by atoms with Gasteiger partial charge < -0.3 is 0 Å². The Labute approximate surface area is 156 Å². The van der Waals surface area contributed by atoms with E-state index in [1.165, 1.54) is 51.4 Å². The lowest BCUT2D eigenvalue weighted by molar-refractivity contribution is -0.134. The molecule has 2 heteroatoms. The zero-order valence-corrected chi connectivity index (χ0v) is 17.4. The van der Waals surface area contributed by atoms with Crippen LogP contribution in [0.1, 0.15) is 78.6 Å². The molecule has 0 spiro atoms. The number of halogens is 1. The molecule has 0 aromatic rings. The molecule has 0 heterocycles. The van der Waals surface area contributed by atoms with E-state index in [1.54, 1.807) is 0 Å². The lowest BCUT2D eigenvalue weighted by Crippen LogP contribution is -2.53. The highest BCUT2D eigenvalue weighted by Crippen LogP contribution is 2.67. The summed E-state index contributed by atoms with van der Waals surface area (Å²) in [5, 5.41) is 0.561. The smallest absolute Gasteiger partial charge is 0.147 e. The summed E-state index contributed by atoms with van der Waals surface area (Å²) >= 11 is 3.44. The Balaban J connectivity index is 1.60. The van der Waals surface area contributed by atoms with Crippen molar-refractivity contribution >= 4 is 21.7 Å². The van der Waals surface area contributed by atoms with E-state index in [1.807, 2.05) is 0 Å². The monoisotopic (exact) mass is 394 g/mol. The van der Waals surface area contributed by atoms with E-state index >= 15 is 0 Å². The summed E-state index contributed by atoms with van der Waals surface area (Å²) in [6.45, 7) is 7.60. The van der Waals surface area contributed by atoms with Gasteiger partial charge in [0, 0.05) is 5.92 Å². The van der Waals surface area contributed by atoms with E-state index < -0.39 is 0 Å². The Bertz CT molecular complexity index is 516. The Morgan fingerprint density at radius 1 is 0.958 bits per heavy atom. The molecule has 4 aliphatic rings. The number of alkyl halides is 1. The van der Waals surface area contributed by atoms with Crippen LogP contribution in [0.15, 0.2) is 0 Å². The number of hydrogen-bond acceptors (Lipinski definition) is 1. The van der Waals surface area contributed by atoms with Crippen LogP contribution < -0.4 is 0 Å². The Morgan fingerprint density at radius 3 is 2.42 bits per heavy atom. The van der Waals surface area contributed by atoms with Crippen molar-refractivity contribution in [2.75, 3.05) is 5.33 Å². The molecule has 0 N–H and O–H groups in total. The van der Waals surface area contributed by atoms with Gasteiger partial charge in [-0.1, -0.05) is 43.1 Å². The first-order valence-electron chi connectivity index (χ1n) is 10.5. The molecule has 0 aromatic heterocycles. The van der Waals surface area contributed by atoms with Gasteiger partial charge in [-0.15, -0.1) is 0 Å². The number of fused-ring (bicyclic) bond motifs is 5. The van der Waals surface area contributed by atoms with Crippen molar-refractivity contribution in [3.8, 4) is 0 Å². The molecule has 0 amide bonds. The number of ketones is 1. The van der Waals surface area contributed by atoms with Gasteiger partial charge in [0.05, 0.1) is 5.33 Å². The normalized spacial score (nSPS) is 53.8. The van der Waals surface area contributed by atoms with Gasteiger partial charge in [0.15, 0.2) is 0 Å². The summed E-state index contributed by atoms with van der Waals surface area (Å²) in [4.78, 5) is 12.5. The molecule has 0 saturated heterocycles. The summed E-state index contributed by atoms with van der Waals surface area (Å²) in [7, 11) is 0. The molecule has 8 atom stereocenters. The minimum atomic E-state index is 0.303. The second-order valence-electron chi connectivity index (χ2n) is 10.3. The van der Waals surface area contributed by atoms with Crippen LogP contribution in [0.3, 0.4) is 0 Å². The molecule has 4 fully saturated rings. The minimum Gasteiger partial charge on any atom is -0.298 e. The van der Waals surface area contributed by atoms with Crippen molar-refractivity contribution < 1.29 is 4.79 Å². The molecule has 6 unspecified atom stereocenters. The molecule has 0 aliphatic heterocycles. The van der Waals surface area contributed by atoms with Gasteiger partial charge in [-0.25, -0.2) is 0 Å². The van der Waals surface area contributed by atoms with Gasteiger partial charge >= 0.3 is 0 Å². The van der Waals surface area contributed by atoms with Crippen LogP contribution in [0, 0.1) is 46.3 Å². The van der Waals surface area contributed by atoms with Gasteiger partial charge in [-0.3, -0.25) is 4.79 Å². The van der Waals surface area contributed by atoms with Crippen molar-refractivity contribution in [1.29, 1.82) is 0 Å². The van der Waals surface area contributed by atoms with Gasteiger partial charge in [0.1, 0.15) is 5.78 Å². The van der Waals surface area contributed by atoms with Gasteiger partial charge in [-0.05, 0) is 91.8 Å². The molecular formula is C22H35BrO. The molecular weight excluding hydrogens is 360 g/mol. The second kappa shape index (κ2) is 6.10. The van der Waals surface area contributed by atoms with E-state index in [-0.39, 0.29) is 0 Å². The van der Waals surface area contributed by atoms with E-state index in [9.17, 15) is 4.79 Å². The summed E-state index contributed by atoms with van der Waals surface area (Å²) in [5.74, 6) is 5.41. The van der Waals surface area contributed by atoms with Crippen LogP contribution in [0.25, 0.3) is 0 Å². The van der Waals surface area contributed by atoms with Crippen molar-refractivity contribution in [3.05, 3.63) is 0 Å². The summed E-state index contributed by atoms with van der Waals surface area (Å²) < 4.78 is 0. The quantitative estimate of drug-likeness (QED) is 0.506. The molecule has 4 aliphatic carbocycles. The SMILES string of the molecule is CC1CCC2(C)C(CC[C@@H]3C2CCC2(C)C3CC[C@@H]2C(=O)CBr)C1. The standard InChI is InChI=1S/C22H35BrO/c1-14-8-10-21(2)15(12-14)4-5-16-17-6-7-19(20(24)13-23)22(17,3)11-9-18(16)21/h14-19H,4-13H2,1-3H3/t14?,15?,16-,17?,18?,19+,21?,22?/m0/s1. The summed E-state index contributed by atoms with van der Waals surface area (Å²) in [6, 6.07) is 0. The third-order valence-corrected chi connectivity index (χ3v) is 10.0. The largest absolute Gasteiger partial charge is 0.298 e. The average molecular weight is 395 g/mol. The van der Waals surface area contributed by atoms with Crippen LogP contribution in [0.2, 0.25) is 0 Å². The predicted octanol–water partition coefficient (Wildman–Crippen LogP) is 6.25. The fraction of sp³-hybridized carbons (Fsp3) is 0.955. The molecule has 0 bridgehead atoms. The zero-order valence-electron chi connectivity index (χ0n) is 15.8. The molecule has 1 nitrogen and oxygen atoms in total. The number of hydrogen-bond donors (Lipinski definition) is 0. The highest BCUT2D eigenvalue weighted by Gasteiger charge is 2.60. The number of carbonyl (C=O) groups is 1. The molecule has 24 heavy (non-hydrogen) atoms. The van der Waals surface area contributed by atoms with Gasteiger partial charge in [0.25, 0.3) is 0 Å². The Morgan fingerprint density at radius 2 is 1.67 bits per heavy atom. The summed E-state index contributed by atoms with van der Waals surface area (Å²) in [5.41, 5.74) is 0.908. The van der Waals surface area contributed by atoms with E-state index in [0.29, 0.717) is 27.9 Å². The van der Waals surface area contributed by atoms with Crippen LogP contribution in [0.5, 0.6) is 0 Å². The Hall–Kier alpha value is 0.150. The van der Waals surface area contributed by atoms with E-state index in [4.69, 9.17) is 0 Å². The number of carbonyl (C=O) groups excluding carboxylic acids is 1. The van der Waals surface area contributed by atoms with Crippen molar-refractivity contribution in [2.24, 2.45) is 46.3 Å². The molecule has 0 aromatic carbocycles. The fourth-order valence-electron chi connectivity index (χ4n) is 8.09. The molecule has 136 valence electrons. The predicted molar refractivity (Wildman–Crippen MR) is 103 cm³/mol. The first-order valence-corrected chi connectivity index (χ1v) is 11.6. The van der Waals surface area contributed by atoms with E-state index in [0.717, 1.165) is 36.0 Å². The molecule has 4 saturated carbocycles. The van der Waals surface area contributed by atoms with Gasteiger partial charge in [-0.2, -0.15) is 0 Å². The highest BCUT2D eigenvalue weighted by molar-refractivity contribution is 9.09. The topological polar surface area (TPSA) is 17.1 Å². The van der Waals surface area contributed by atoms with Crippen LogP contribution in [-0.2, 0) is 4.79 Å². The zero-order chi connectivity index (χ0) is 17.1. The first-order chi connectivity index (χ1) is 11.4. The first kappa shape index (κ1) is 17.6. The van der Waals surface area contributed by atoms with Crippen LogP contribution >= 0.6 is 15.9 Å². The summed E-state index contributed by atoms with van der Waals surface area (Å²) in [6.07, 6.45) is 12.5. The Kier molecular flexibility index (Phi) is 4.46. The maximum atomic E-state index is 12.5. The highest BCUT2D eigenvalue weighted by atomic mass is 79.9. The van der Waals surface area contributed by atoms with Crippen LogP contribution in [-0.4, -0.2) is 11.1 Å². The van der Waals surface area contributed by atoms with Crippen LogP contribution in [0.4, 0.5) is 0 Å². The van der Waals surface area contributed by atoms with Crippen molar-refractivity contribution in [3.63, 3.8) is 0 Å². The maximum Gasteiger partial charge on any atom is 0.147 e. The third-order valence-electron chi connectivity index (χ3n) is 9.45.